The second-order valence-corrected chi connectivity index (χ2v) is 8.65. The lowest BCUT2D eigenvalue weighted by atomic mass is 10.1. The van der Waals surface area contributed by atoms with Crippen molar-refractivity contribution in [1.82, 2.24) is 9.29 Å². The third-order valence-corrected chi connectivity index (χ3v) is 7.14. The molecule has 1 aliphatic carbocycles. The molecular weight excluding hydrogens is 343 g/mol. The van der Waals surface area contributed by atoms with Crippen LogP contribution in [0.1, 0.15) is 31.2 Å². The quantitative estimate of drug-likeness (QED) is 0.825. The number of halogens is 3. The van der Waals surface area contributed by atoms with Gasteiger partial charge in [0, 0.05) is 32.4 Å². The number of anilines is 1. The Morgan fingerprint density at radius 3 is 2.25 bits per heavy atom. The minimum Gasteiger partial charge on any atom is -0.357 e. The van der Waals surface area contributed by atoms with E-state index in [1.165, 1.54) is 10.4 Å². The van der Waals surface area contributed by atoms with E-state index in [4.69, 9.17) is 0 Å². The van der Waals surface area contributed by atoms with E-state index >= 15 is 0 Å². The number of hydrogen-bond acceptors (Lipinski definition) is 4. The molecule has 0 radical (unpaired) electrons. The first-order chi connectivity index (χ1) is 11.2. The maximum Gasteiger partial charge on any atom is 0.417 e. The molecule has 1 saturated carbocycles. The number of alkyl halides is 3. The molecular formula is C15H20F3N3O2S. The average Bonchev–Trinajstić information content (AvgIpc) is 3.39. The van der Waals surface area contributed by atoms with Crippen molar-refractivity contribution in [2.24, 2.45) is 0 Å². The van der Waals surface area contributed by atoms with Gasteiger partial charge >= 0.3 is 6.18 Å². The van der Waals surface area contributed by atoms with Gasteiger partial charge in [-0.1, -0.05) is 0 Å². The summed E-state index contributed by atoms with van der Waals surface area (Å²) in [5.41, 5.74) is -0.767. The molecule has 9 heteroatoms. The summed E-state index contributed by atoms with van der Waals surface area (Å²) in [6.45, 7) is 1.15. The molecule has 0 bridgehead atoms. The highest BCUT2D eigenvalue weighted by Gasteiger charge is 2.41. The summed E-state index contributed by atoms with van der Waals surface area (Å²) < 4.78 is 63.7. The Kier molecular flexibility index (Phi) is 4.50. The van der Waals surface area contributed by atoms with Crippen molar-refractivity contribution < 1.29 is 21.6 Å². The Morgan fingerprint density at radius 2 is 1.79 bits per heavy atom. The molecule has 0 atom stereocenters. The molecule has 0 unspecified atom stereocenters. The first-order valence-corrected chi connectivity index (χ1v) is 9.45. The lowest BCUT2D eigenvalue weighted by Crippen LogP contribution is -2.46. The first-order valence-electron chi connectivity index (χ1n) is 7.94. The standard InChI is InChI=1S/C15H20F3N3O2S/c1-20(24(22,23)13-3-4-13)12-6-8-21(9-7-12)14-5-2-11(10-19-14)15(16,17)18/h2,5,10,12-13H,3-4,6-9H2,1H3. The van der Waals surface area contributed by atoms with Gasteiger partial charge in [-0.3, -0.25) is 0 Å². The van der Waals surface area contributed by atoms with E-state index in [0.717, 1.165) is 25.1 Å². The van der Waals surface area contributed by atoms with E-state index in [0.29, 0.717) is 31.7 Å². The molecule has 0 spiro atoms. The maximum atomic E-state index is 12.6. The summed E-state index contributed by atoms with van der Waals surface area (Å²) in [6, 6.07) is 2.34. The van der Waals surface area contributed by atoms with Gasteiger partial charge < -0.3 is 4.90 Å². The third-order valence-electron chi connectivity index (χ3n) is 4.72. The van der Waals surface area contributed by atoms with Gasteiger partial charge in [0.05, 0.1) is 10.8 Å². The van der Waals surface area contributed by atoms with Crippen LogP contribution in [0.5, 0.6) is 0 Å². The molecule has 0 N–H and O–H groups in total. The number of nitrogens with zero attached hydrogens (tertiary/aromatic N) is 3. The van der Waals surface area contributed by atoms with Crippen molar-refractivity contribution in [2.75, 3.05) is 25.0 Å². The van der Waals surface area contributed by atoms with Crippen LogP contribution < -0.4 is 4.90 Å². The van der Waals surface area contributed by atoms with Crippen LogP contribution in [0.15, 0.2) is 18.3 Å². The van der Waals surface area contributed by atoms with Gasteiger partial charge in [-0.2, -0.15) is 13.2 Å². The Balaban J connectivity index is 1.61. The molecule has 1 aromatic heterocycles. The first kappa shape index (κ1) is 17.5. The summed E-state index contributed by atoms with van der Waals surface area (Å²) >= 11 is 0. The fraction of sp³-hybridized carbons (Fsp3) is 0.667. The van der Waals surface area contributed by atoms with Crippen LogP contribution in [0.4, 0.5) is 19.0 Å². The van der Waals surface area contributed by atoms with Crippen molar-refractivity contribution >= 4 is 15.8 Å². The summed E-state index contributed by atoms with van der Waals surface area (Å²) in [4.78, 5) is 5.80. The number of hydrogen-bond donors (Lipinski definition) is 0. The largest absolute Gasteiger partial charge is 0.417 e. The van der Waals surface area contributed by atoms with Gasteiger partial charge in [0.15, 0.2) is 0 Å². The summed E-state index contributed by atoms with van der Waals surface area (Å²) in [5, 5.41) is -0.225. The van der Waals surface area contributed by atoms with E-state index in [1.54, 1.807) is 7.05 Å². The van der Waals surface area contributed by atoms with Crippen molar-refractivity contribution in [3.8, 4) is 0 Å². The van der Waals surface area contributed by atoms with Crippen LogP contribution in [0, 0.1) is 0 Å². The lowest BCUT2D eigenvalue weighted by molar-refractivity contribution is -0.137. The van der Waals surface area contributed by atoms with Crippen LogP contribution in [0.3, 0.4) is 0 Å². The highest BCUT2D eigenvalue weighted by Crippen LogP contribution is 2.33. The van der Waals surface area contributed by atoms with Crippen LogP contribution in [-0.2, 0) is 16.2 Å². The van der Waals surface area contributed by atoms with Gasteiger partial charge in [0.2, 0.25) is 10.0 Å². The SMILES string of the molecule is CN(C1CCN(c2ccc(C(F)(F)F)cn2)CC1)S(=O)(=O)C1CC1. The minimum atomic E-state index is -4.39. The Morgan fingerprint density at radius 1 is 1.17 bits per heavy atom. The zero-order chi connectivity index (χ0) is 17.5. The van der Waals surface area contributed by atoms with Crippen LogP contribution in [-0.4, -0.2) is 49.1 Å². The third kappa shape index (κ3) is 3.51. The minimum absolute atomic E-state index is 0.0544. The zero-order valence-electron chi connectivity index (χ0n) is 13.3. The van der Waals surface area contributed by atoms with Gasteiger partial charge in [-0.25, -0.2) is 17.7 Å². The molecule has 2 aliphatic rings. The summed E-state index contributed by atoms with van der Waals surface area (Å²) in [6.07, 6.45) is -0.790. The topological polar surface area (TPSA) is 53.5 Å². The predicted octanol–water partition coefficient (Wildman–Crippen LogP) is 2.49. The monoisotopic (exact) mass is 363 g/mol. The van der Waals surface area contributed by atoms with Gasteiger partial charge in [-0.15, -0.1) is 0 Å². The molecule has 0 amide bonds. The molecule has 2 heterocycles. The zero-order valence-corrected chi connectivity index (χ0v) is 14.1. The van der Waals surface area contributed by atoms with Crippen molar-refractivity contribution in [3.63, 3.8) is 0 Å². The summed E-state index contributed by atoms with van der Waals surface area (Å²) in [7, 11) is -1.57. The molecule has 1 aliphatic heterocycles. The Bertz CT molecular complexity index is 679. The molecule has 5 nitrogen and oxygen atoms in total. The second-order valence-electron chi connectivity index (χ2n) is 6.38. The smallest absolute Gasteiger partial charge is 0.357 e. The fourth-order valence-corrected chi connectivity index (χ4v) is 4.84. The molecule has 1 aromatic rings. The number of pyridine rings is 1. The van der Waals surface area contributed by atoms with E-state index < -0.39 is 21.8 Å². The molecule has 1 saturated heterocycles. The van der Waals surface area contributed by atoms with E-state index in [-0.39, 0.29) is 11.3 Å². The highest BCUT2D eigenvalue weighted by molar-refractivity contribution is 7.90. The van der Waals surface area contributed by atoms with Crippen molar-refractivity contribution in [2.45, 2.75) is 43.2 Å². The van der Waals surface area contributed by atoms with Gasteiger partial charge in [0.25, 0.3) is 0 Å². The highest BCUT2D eigenvalue weighted by atomic mass is 32.2. The van der Waals surface area contributed by atoms with Crippen LogP contribution in [0.2, 0.25) is 0 Å². The summed E-state index contributed by atoms with van der Waals surface area (Å²) in [5.74, 6) is 0.495. The fourth-order valence-electron chi connectivity index (χ4n) is 3.01. The Hall–Kier alpha value is -1.35. The Labute approximate surface area is 139 Å². The number of piperidine rings is 1. The van der Waals surface area contributed by atoms with E-state index in [1.807, 2.05) is 4.90 Å². The second kappa shape index (κ2) is 6.18. The average molecular weight is 363 g/mol. The number of aromatic nitrogens is 1. The molecule has 134 valence electrons. The molecule has 2 fully saturated rings. The predicted molar refractivity (Wildman–Crippen MR) is 84.2 cm³/mol. The molecule has 24 heavy (non-hydrogen) atoms. The van der Waals surface area contributed by atoms with E-state index in [9.17, 15) is 21.6 Å². The molecule has 0 aromatic carbocycles. The number of rotatable bonds is 4. The van der Waals surface area contributed by atoms with Crippen molar-refractivity contribution in [3.05, 3.63) is 23.9 Å². The van der Waals surface area contributed by atoms with Crippen molar-refractivity contribution in [1.29, 1.82) is 0 Å². The number of sulfonamides is 1. The van der Waals surface area contributed by atoms with Crippen LogP contribution >= 0.6 is 0 Å². The lowest BCUT2D eigenvalue weighted by Gasteiger charge is -2.36. The van der Waals surface area contributed by atoms with Gasteiger partial charge in [-0.05, 0) is 37.8 Å². The van der Waals surface area contributed by atoms with E-state index in [2.05, 4.69) is 4.98 Å². The molecule has 3 rings (SSSR count). The van der Waals surface area contributed by atoms with Gasteiger partial charge in [0.1, 0.15) is 5.82 Å². The normalized spacial score (nSPS) is 20.6. The van der Waals surface area contributed by atoms with Crippen LogP contribution in [0.25, 0.3) is 0 Å². The maximum absolute atomic E-state index is 12.6.